The second-order valence-corrected chi connectivity index (χ2v) is 7.57. The van der Waals surface area contributed by atoms with Crippen LogP contribution >= 0.6 is 11.3 Å². The molecule has 2 rings (SSSR count). The summed E-state index contributed by atoms with van der Waals surface area (Å²) in [4.78, 5) is 19.2. The molecule has 7 heteroatoms. The van der Waals surface area contributed by atoms with Crippen molar-refractivity contribution in [2.45, 2.75) is 52.4 Å². The number of carbonyl (C=O) groups excluding carboxylic acids is 1. The highest BCUT2D eigenvalue weighted by Gasteiger charge is 2.29. The molecule has 1 fully saturated rings. The summed E-state index contributed by atoms with van der Waals surface area (Å²) >= 11 is 1.31. The van der Waals surface area contributed by atoms with Crippen LogP contribution in [0.25, 0.3) is 0 Å². The molecular formula is C14H24N4O2S. The number of hydrogen-bond donors (Lipinski definition) is 2. The normalized spacial score (nSPS) is 23.2. The Bertz CT molecular complexity index is 514. The van der Waals surface area contributed by atoms with Crippen LogP contribution in [0.3, 0.4) is 0 Å². The van der Waals surface area contributed by atoms with Gasteiger partial charge in [-0.15, -0.1) is 0 Å². The van der Waals surface area contributed by atoms with Crippen molar-refractivity contribution in [3.05, 3.63) is 4.88 Å². The van der Waals surface area contributed by atoms with Crippen LogP contribution in [0.5, 0.6) is 0 Å². The molecule has 0 aliphatic carbocycles. The van der Waals surface area contributed by atoms with Gasteiger partial charge in [0, 0.05) is 18.6 Å². The monoisotopic (exact) mass is 312 g/mol. The van der Waals surface area contributed by atoms with Gasteiger partial charge in [0.25, 0.3) is 5.91 Å². The minimum absolute atomic E-state index is 0.0408. The molecule has 3 N–H and O–H groups in total. The van der Waals surface area contributed by atoms with E-state index in [1.54, 1.807) is 4.90 Å². The molecule has 6 nitrogen and oxygen atoms in total. The molecule has 21 heavy (non-hydrogen) atoms. The first-order valence-corrected chi connectivity index (χ1v) is 7.96. The fraction of sp³-hybridized carbons (Fsp3) is 0.714. The zero-order valence-corrected chi connectivity index (χ0v) is 14.1. The predicted octanol–water partition coefficient (Wildman–Crippen LogP) is 2.19. The van der Waals surface area contributed by atoms with E-state index in [0.29, 0.717) is 28.9 Å². The van der Waals surface area contributed by atoms with E-state index in [-0.39, 0.29) is 23.7 Å². The predicted molar refractivity (Wildman–Crippen MR) is 85.8 cm³/mol. The third-order valence-corrected chi connectivity index (χ3v) is 4.01. The van der Waals surface area contributed by atoms with E-state index in [4.69, 9.17) is 10.5 Å². The second-order valence-electron chi connectivity index (χ2n) is 6.58. The lowest BCUT2D eigenvalue weighted by atomic mass is 10.1. The Morgan fingerprint density at radius 2 is 1.95 bits per heavy atom. The Morgan fingerprint density at radius 3 is 2.48 bits per heavy atom. The molecule has 1 saturated heterocycles. The van der Waals surface area contributed by atoms with E-state index < -0.39 is 0 Å². The molecule has 118 valence electrons. The summed E-state index contributed by atoms with van der Waals surface area (Å²) in [6.07, 6.45) is 0.0815. The van der Waals surface area contributed by atoms with Crippen LogP contribution in [0.2, 0.25) is 0 Å². The smallest absolute Gasteiger partial charge is 0.268 e. The van der Waals surface area contributed by atoms with Gasteiger partial charge in [-0.25, -0.2) is 4.98 Å². The summed E-state index contributed by atoms with van der Waals surface area (Å²) in [5, 5.41) is 3.93. The summed E-state index contributed by atoms with van der Waals surface area (Å²) in [6, 6.07) is 0. The third-order valence-electron chi connectivity index (χ3n) is 3.04. The van der Waals surface area contributed by atoms with Crippen LogP contribution in [-0.4, -0.2) is 46.6 Å². The lowest BCUT2D eigenvalue weighted by Crippen LogP contribution is -2.48. The summed E-state index contributed by atoms with van der Waals surface area (Å²) in [7, 11) is 0. The van der Waals surface area contributed by atoms with Crippen molar-refractivity contribution in [3.63, 3.8) is 0 Å². The van der Waals surface area contributed by atoms with Gasteiger partial charge in [0.15, 0.2) is 5.13 Å². The average Bonchev–Trinajstić information content (AvgIpc) is 2.65. The number of ether oxygens (including phenoxy) is 1. The summed E-state index contributed by atoms with van der Waals surface area (Å²) in [5.41, 5.74) is 5.80. The molecule has 0 saturated carbocycles. The largest absolute Gasteiger partial charge is 0.382 e. The van der Waals surface area contributed by atoms with Crippen LogP contribution in [0.15, 0.2) is 0 Å². The number of nitrogen functional groups attached to an aromatic ring is 1. The lowest BCUT2D eigenvalue weighted by molar-refractivity contribution is -0.0584. The fourth-order valence-corrected chi connectivity index (χ4v) is 3.41. The molecule has 2 unspecified atom stereocenters. The van der Waals surface area contributed by atoms with Gasteiger partial charge in [0.05, 0.1) is 12.2 Å². The maximum atomic E-state index is 12.6. The SMILES string of the molecule is CC1CN(C(=O)c2sc(NC(C)(C)C)nc2N)CC(C)O1. The molecule has 0 spiro atoms. The molecule has 1 aliphatic heterocycles. The fourth-order valence-electron chi connectivity index (χ4n) is 2.35. The van der Waals surface area contributed by atoms with Gasteiger partial charge in [0.1, 0.15) is 10.7 Å². The number of thiazole rings is 1. The topological polar surface area (TPSA) is 80.5 Å². The molecule has 1 aromatic rings. The number of rotatable bonds is 2. The highest BCUT2D eigenvalue weighted by atomic mass is 32.1. The van der Waals surface area contributed by atoms with Crippen molar-refractivity contribution in [2.75, 3.05) is 24.1 Å². The van der Waals surface area contributed by atoms with E-state index in [1.807, 2.05) is 34.6 Å². The molecule has 1 aromatic heterocycles. The van der Waals surface area contributed by atoms with Crippen LogP contribution < -0.4 is 11.1 Å². The van der Waals surface area contributed by atoms with Gasteiger partial charge in [-0.2, -0.15) is 0 Å². The third kappa shape index (κ3) is 4.07. The molecule has 2 atom stereocenters. The number of nitrogens with zero attached hydrogens (tertiary/aromatic N) is 2. The Hall–Kier alpha value is -1.34. The van der Waals surface area contributed by atoms with Gasteiger partial charge in [-0.05, 0) is 34.6 Å². The van der Waals surface area contributed by atoms with Gasteiger partial charge < -0.3 is 20.7 Å². The van der Waals surface area contributed by atoms with Crippen molar-refractivity contribution in [1.82, 2.24) is 9.88 Å². The van der Waals surface area contributed by atoms with Gasteiger partial charge in [0.2, 0.25) is 0 Å². The van der Waals surface area contributed by atoms with Crippen molar-refractivity contribution in [2.24, 2.45) is 0 Å². The van der Waals surface area contributed by atoms with E-state index >= 15 is 0 Å². The van der Waals surface area contributed by atoms with Gasteiger partial charge in [-0.1, -0.05) is 11.3 Å². The zero-order chi connectivity index (χ0) is 15.8. The molecule has 1 aliphatic rings. The van der Waals surface area contributed by atoms with Crippen molar-refractivity contribution >= 4 is 28.2 Å². The van der Waals surface area contributed by atoms with E-state index in [1.165, 1.54) is 11.3 Å². The first-order valence-electron chi connectivity index (χ1n) is 7.15. The minimum Gasteiger partial charge on any atom is -0.382 e. The highest BCUT2D eigenvalue weighted by molar-refractivity contribution is 7.18. The number of carbonyl (C=O) groups is 1. The van der Waals surface area contributed by atoms with Crippen molar-refractivity contribution in [3.8, 4) is 0 Å². The highest BCUT2D eigenvalue weighted by Crippen LogP contribution is 2.29. The maximum Gasteiger partial charge on any atom is 0.268 e. The standard InChI is InChI=1S/C14H24N4O2S/c1-8-6-18(7-9(2)20-8)12(19)10-11(15)16-13(21-10)17-14(3,4)5/h8-9H,6-7,15H2,1-5H3,(H,16,17). The number of nitrogens with one attached hydrogen (secondary N) is 1. The first kappa shape index (κ1) is 16.0. The zero-order valence-electron chi connectivity index (χ0n) is 13.3. The van der Waals surface area contributed by atoms with E-state index in [2.05, 4.69) is 10.3 Å². The summed E-state index contributed by atoms with van der Waals surface area (Å²) in [6.45, 7) is 11.2. The molecule has 2 heterocycles. The quantitative estimate of drug-likeness (QED) is 0.875. The van der Waals surface area contributed by atoms with Gasteiger partial charge in [-0.3, -0.25) is 4.79 Å². The van der Waals surface area contributed by atoms with Crippen LogP contribution in [0.1, 0.15) is 44.3 Å². The molecule has 0 radical (unpaired) electrons. The molecule has 0 bridgehead atoms. The number of anilines is 2. The van der Waals surface area contributed by atoms with Crippen molar-refractivity contribution < 1.29 is 9.53 Å². The van der Waals surface area contributed by atoms with Crippen LogP contribution in [0, 0.1) is 0 Å². The second kappa shape index (κ2) is 5.81. The molecule has 0 aromatic carbocycles. The van der Waals surface area contributed by atoms with Crippen molar-refractivity contribution in [1.29, 1.82) is 0 Å². The lowest BCUT2D eigenvalue weighted by Gasteiger charge is -2.35. The number of hydrogen-bond acceptors (Lipinski definition) is 6. The maximum absolute atomic E-state index is 12.6. The Kier molecular flexibility index (Phi) is 4.43. The first-order chi connectivity index (χ1) is 9.65. The Labute approximate surface area is 129 Å². The summed E-state index contributed by atoms with van der Waals surface area (Å²) < 4.78 is 5.65. The van der Waals surface area contributed by atoms with E-state index in [9.17, 15) is 4.79 Å². The number of aromatic nitrogens is 1. The molecular weight excluding hydrogens is 288 g/mol. The number of nitrogens with two attached hydrogens (primary N) is 1. The summed E-state index contributed by atoms with van der Waals surface area (Å²) in [5.74, 6) is 0.234. The van der Waals surface area contributed by atoms with Gasteiger partial charge >= 0.3 is 0 Å². The number of amides is 1. The van der Waals surface area contributed by atoms with E-state index in [0.717, 1.165) is 0 Å². The Morgan fingerprint density at radius 1 is 1.38 bits per heavy atom. The molecule has 1 amide bonds. The van der Waals surface area contributed by atoms with Crippen LogP contribution in [-0.2, 0) is 4.74 Å². The van der Waals surface area contributed by atoms with Crippen LogP contribution in [0.4, 0.5) is 10.9 Å². The Balaban J connectivity index is 2.15. The average molecular weight is 312 g/mol. The minimum atomic E-state index is -0.118. The number of morpholine rings is 1.